The van der Waals surface area contributed by atoms with Crippen molar-refractivity contribution in [2.24, 2.45) is 11.0 Å². The minimum atomic E-state index is -0.561. The first-order valence-corrected chi connectivity index (χ1v) is 7.63. The highest BCUT2D eigenvalue weighted by molar-refractivity contribution is 6.08. The quantitative estimate of drug-likeness (QED) is 0.897. The third kappa shape index (κ3) is 3.17. The summed E-state index contributed by atoms with van der Waals surface area (Å²) in [7, 11) is 0. The topological polar surface area (TPSA) is 106 Å². The fraction of sp³-hybridized carbons (Fsp3) is 0.312. The highest BCUT2D eigenvalue weighted by Crippen LogP contribution is 2.23. The molecule has 8 heteroatoms. The maximum absolute atomic E-state index is 11.6. The molecule has 0 fully saturated rings. The third-order valence-electron chi connectivity index (χ3n) is 3.69. The number of ether oxygens (including phenoxy) is 1. The summed E-state index contributed by atoms with van der Waals surface area (Å²) in [6.45, 7) is 3.96. The zero-order valence-corrected chi connectivity index (χ0v) is 13.4. The molecule has 1 unspecified atom stereocenters. The van der Waals surface area contributed by atoms with E-state index in [1.807, 2.05) is 25.1 Å². The molecule has 1 aromatic heterocycles. The first kappa shape index (κ1) is 15.9. The van der Waals surface area contributed by atoms with Gasteiger partial charge in [0.1, 0.15) is 12.1 Å². The number of carbonyl (C=O) groups is 2. The van der Waals surface area contributed by atoms with Gasteiger partial charge >= 0.3 is 6.09 Å². The van der Waals surface area contributed by atoms with Gasteiger partial charge in [0.25, 0.3) is 0 Å². The Balaban J connectivity index is 1.95. The number of hydrazone groups is 1. The number of hydrogen-bond acceptors (Lipinski definition) is 6. The molecule has 0 radical (unpaired) electrons. The number of nitrogens with one attached hydrogen (secondary N) is 2. The molecule has 2 amide bonds. The molecule has 0 spiro atoms. The van der Waals surface area contributed by atoms with Gasteiger partial charge in [0, 0.05) is 23.3 Å². The van der Waals surface area contributed by atoms with Crippen molar-refractivity contribution in [3.05, 3.63) is 30.1 Å². The molecule has 0 aliphatic carbocycles. The van der Waals surface area contributed by atoms with Gasteiger partial charge in [0.2, 0.25) is 5.91 Å². The maximum atomic E-state index is 11.6. The van der Waals surface area contributed by atoms with Gasteiger partial charge in [-0.3, -0.25) is 10.1 Å². The second-order valence-corrected chi connectivity index (χ2v) is 5.44. The largest absolute Gasteiger partial charge is 0.450 e. The lowest BCUT2D eigenvalue weighted by molar-refractivity contribution is -0.121. The van der Waals surface area contributed by atoms with Crippen LogP contribution in [-0.2, 0) is 9.53 Å². The van der Waals surface area contributed by atoms with Crippen LogP contribution in [0.4, 0.5) is 10.6 Å². The lowest BCUT2D eigenvalue weighted by Crippen LogP contribution is -2.31. The van der Waals surface area contributed by atoms with Crippen LogP contribution >= 0.6 is 0 Å². The van der Waals surface area contributed by atoms with Crippen LogP contribution in [0.5, 0.6) is 0 Å². The molecule has 2 heterocycles. The van der Waals surface area contributed by atoms with E-state index in [0.29, 0.717) is 23.1 Å². The monoisotopic (exact) mass is 327 g/mol. The Kier molecular flexibility index (Phi) is 4.37. The average molecular weight is 327 g/mol. The van der Waals surface area contributed by atoms with Crippen molar-refractivity contribution in [1.29, 1.82) is 0 Å². The molecule has 24 heavy (non-hydrogen) atoms. The minimum Gasteiger partial charge on any atom is -0.450 e. The molecule has 2 N–H and O–H groups in total. The van der Waals surface area contributed by atoms with E-state index in [0.717, 1.165) is 11.3 Å². The number of fused-ring (bicyclic) bond motifs is 1. The number of carbonyl (C=O) groups excluding carboxylic acids is 2. The van der Waals surface area contributed by atoms with E-state index < -0.39 is 6.09 Å². The van der Waals surface area contributed by atoms with Gasteiger partial charge in [-0.05, 0) is 19.1 Å². The molecule has 0 saturated carbocycles. The molecule has 1 atom stereocenters. The summed E-state index contributed by atoms with van der Waals surface area (Å²) < 4.78 is 4.87. The summed E-state index contributed by atoms with van der Waals surface area (Å²) in [4.78, 5) is 31.3. The second kappa shape index (κ2) is 6.61. The molecule has 8 nitrogen and oxygen atoms in total. The number of benzene rings is 1. The molecule has 124 valence electrons. The number of rotatable bonds is 3. The first-order valence-electron chi connectivity index (χ1n) is 7.63. The van der Waals surface area contributed by atoms with Crippen molar-refractivity contribution in [1.82, 2.24) is 15.4 Å². The molecule has 0 bridgehead atoms. The van der Waals surface area contributed by atoms with Crippen LogP contribution in [-0.4, -0.2) is 34.3 Å². The van der Waals surface area contributed by atoms with E-state index in [1.165, 1.54) is 6.33 Å². The van der Waals surface area contributed by atoms with Crippen LogP contribution in [0.2, 0.25) is 0 Å². The molecule has 2 aromatic rings. The second-order valence-electron chi connectivity index (χ2n) is 5.44. The number of anilines is 1. The van der Waals surface area contributed by atoms with Gasteiger partial charge in [-0.1, -0.05) is 13.0 Å². The Morgan fingerprint density at radius 2 is 2.25 bits per heavy atom. The fourth-order valence-corrected chi connectivity index (χ4v) is 2.58. The molecule has 3 rings (SSSR count). The summed E-state index contributed by atoms with van der Waals surface area (Å²) in [6, 6.07) is 5.55. The van der Waals surface area contributed by atoms with E-state index in [1.54, 1.807) is 6.92 Å². The van der Waals surface area contributed by atoms with Gasteiger partial charge in [0.05, 0.1) is 17.8 Å². The van der Waals surface area contributed by atoms with E-state index in [9.17, 15) is 9.59 Å². The van der Waals surface area contributed by atoms with Gasteiger partial charge in [0.15, 0.2) is 0 Å². The Morgan fingerprint density at radius 3 is 3.00 bits per heavy atom. The van der Waals surface area contributed by atoms with Crippen LogP contribution in [0, 0.1) is 5.92 Å². The smallest absolute Gasteiger partial charge is 0.412 e. The van der Waals surface area contributed by atoms with Crippen LogP contribution < -0.4 is 10.7 Å². The molecular formula is C16H17N5O3. The molecule has 1 aromatic carbocycles. The summed E-state index contributed by atoms with van der Waals surface area (Å²) in [6.07, 6.45) is 1.22. The summed E-state index contributed by atoms with van der Waals surface area (Å²) >= 11 is 0. The van der Waals surface area contributed by atoms with Gasteiger partial charge < -0.3 is 4.74 Å². The Bertz CT molecular complexity index is 834. The Labute approximate surface area is 138 Å². The highest BCUT2D eigenvalue weighted by atomic mass is 16.5. The fourth-order valence-electron chi connectivity index (χ4n) is 2.58. The van der Waals surface area contributed by atoms with Gasteiger partial charge in [-0.15, -0.1) is 0 Å². The molecule has 1 aliphatic rings. The highest BCUT2D eigenvalue weighted by Gasteiger charge is 2.22. The lowest BCUT2D eigenvalue weighted by Gasteiger charge is -2.19. The predicted molar refractivity (Wildman–Crippen MR) is 88.6 cm³/mol. The zero-order chi connectivity index (χ0) is 17.1. The summed E-state index contributed by atoms with van der Waals surface area (Å²) in [5, 5.41) is 7.44. The number of amides is 2. The summed E-state index contributed by atoms with van der Waals surface area (Å²) in [5.41, 5.74) is 4.84. The zero-order valence-electron chi connectivity index (χ0n) is 13.4. The van der Waals surface area contributed by atoms with Crippen LogP contribution in [0.15, 0.2) is 29.6 Å². The van der Waals surface area contributed by atoms with Crippen LogP contribution in [0.3, 0.4) is 0 Å². The van der Waals surface area contributed by atoms with Crippen molar-refractivity contribution in [3.63, 3.8) is 0 Å². The maximum Gasteiger partial charge on any atom is 0.412 e. The van der Waals surface area contributed by atoms with E-state index >= 15 is 0 Å². The molecule has 0 saturated heterocycles. The van der Waals surface area contributed by atoms with Crippen molar-refractivity contribution in [2.75, 3.05) is 11.9 Å². The lowest BCUT2D eigenvalue weighted by atomic mass is 9.93. The van der Waals surface area contributed by atoms with Crippen molar-refractivity contribution in [3.8, 4) is 0 Å². The number of hydrogen-bond donors (Lipinski definition) is 2. The van der Waals surface area contributed by atoms with Gasteiger partial charge in [-0.2, -0.15) is 5.10 Å². The van der Waals surface area contributed by atoms with E-state index in [-0.39, 0.29) is 18.4 Å². The standard InChI is InChI=1S/C16H17N5O3/c1-3-24-16(23)19-15-11-5-4-10(7-12(11)17-8-18-15)14-9(2)6-13(22)20-21-14/h4-5,7-9H,3,6H2,1-2H3,(H,20,22)(H,17,18,19,23). The normalized spacial score (nSPS) is 17.2. The van der Waals surface area contributed by atoms with Gasteiger partial charge in [-0.25, -0.2) is 20.2 Å². The van der Waals surface area contributed by atoms with Crippen molar-refractivity contribution >= 4 is 34.4 Å². The SMILES string of the molecule is CCOC(=O)Nc1ncnc2cc(C3=NNC(=O)CC3C)ccc12. The Hall–Kier alpha value is -3.03. The van der Waals surface area contributed by atoms with Crippen LogP contribution in [0.1, 0.15) is 25.8 Å². The van der Waals surface area contributed by atoms with Crippen molar-refractivity contribution < 1.29 is 14.3 Å². The summed E-state index contributed by atoms with van der Waals surface area (Å²) in [5.74, 6) is 0.322. The number of aromatic nitrogens is 2. The predicted octanol–water partition coefficient (Wildman–Crippen LogP) is 2.06. The van der Waals surface area contributed by atoms with E-state index in [2.05, 4.69) is 25.8 Å². The Morgan fingerprint density at radius 1 is 1.42 bits per heavy atom. The molecule has 1 aliphatic heterocycles. The van der Waals surface area contributed by atoms with Crippen molar-refractivity contribution in [2.45, 2.75) is 20.3 Å². The number of nitrogens with zero attached hydrogens (tertiary/aromatic N) is 3. The van der Waals surface area contributed by atoms with E-state index in [4.69, 9.17) is 4.74 Å². The average Bonchev–Trinajstić information content (AvgIpc) is 2.55. The molecular weight excluding hydrogens is 310 g/mol. The third-order valence-corrected chi connectivity index (χ3v) is 3.69. The first-order chi connectivity index (χ1) is 11.6. The van der Waals surface area contributed by atoms with Crippen LogP contribution in [0.25, 0.3) is 10.9 Å². The minimum absolute atomic E-state index is 0.0233.